The van der Waals surface area contributed by atoms with Crippen LogP contribution in [-0.2, 0) is 0 Å². The summed E-state index contributed by atoms with van der Waals surface area (Å²) < 4.78 is 14.7. The third-order valence-corrected chi connectivity index (χ3v) is 6.18. The number of hydrogen-bond donors (Lipinski definition) is 5. The van der Waals surface area contributed by atoms with Crippen LogP contribution in [0.3, 0.4) is 0 Å². The Hall–Kier alpha value is -3.33. The summed E-state index contributed by atoms with van der Waals surface area (Å²) in [5, 5.41) is 12.4. The lowest BCUT2D eigenvalue weighted by molar-refractivity contribution is 0.571. The molecule has 0 aliphatic carbocycles. The van der Waals surface area contributed by atoms with Crippen molar-refractivity contribution in [3.05, 3.63) is 70.8 Å². The topological polar surface area (TPSA) is 108 Å². The zero-order valence-corrected chi connectivity index (χ0v) is 20.6. The number of hydrogen-bond acceptors (Lipinski definition) is 6. The number of H-pyrrole nitrogens is 1. The Morgan fingerprint density at radius 3 is 2.33 bits per heavy atom. The first-order chi connectivity index (χ1) is 17.7. The highest BCUT2D eigenvalue weighted by Gasteiger charge is 2.11. The summed E-state index contributed by atoms with van der Waals surface area (Å²) in [6.45, 7) is 5.17. The summed E-state index contributed by atoms with van der Waals surface area (Å²) in [5.41, 5.74) is 6.75. The Bertz CT molecular complexity index is 1340. The Morgan fingerprint density at radius 2 is 1.56 bits per heavy atom. The van der Waals surface area contributed by atoms with Gasteiger partial charge in [-0.15, -0.1) is 0 Å². The molecule has 0 saturated heterocycles. The molecule has 3 aromatic carbocycles. The smallest absolute Gasteiger partial charge is 0.259 e. The number of unbranched alkanes of at least 4 members (excludes halogenated alkanes) is 1. The average molecular weight is 491 g/mol. The minimum atomic E-state index is -0.455. The molecule has 0 saturated carbocycles. The van der Waals surface area contributed by atoms with Gasteiger partial charge in [0.25, 0.3) is 5.56 Å². The maximum Gasteiger partial charge on any atom is 0.259 e. The van der Waals surface area contributed by atoms with E-state index in [1.807, 2.05) is 42.5 Å². The van der Waals surface area contributed by atoms with Crippen LogP contribution in [0, 0.1) is 5.82 Å². The number of halogens is 1. The van der Waals surface area contributed by atoms with Gasteiger partial charge >= 0.3 is 0 Å². The second-order valence-electron chi connectivity index (χ2n) is 8.96. The lowest BCUT2D eigenvalue weighted by atomic mass is 10.1. The predicted molar refractivity (Wildman–Crippen MR) is 147 cm³/mol. The van der Waals surface area contributed by atoms with E-state index in [4.69, 9.17) is 5.73 Å². The molecule has 6 N–H and O–H groups in total. The molecule has 7 nitrogen and oxygen atoms in total. The van der Waals surface area contributed by atoms with Gasteiger partial charge in [0.05, 0.1) is 16.6 Å². The summed E-state index contributed by atoms with van der Waals surface area (Å²) in [7, 11) is 0. The molecule has 0 spiro atoms. The summed E-state index contributed by atoms with van der Waals surface area (Å²) in [4.78, 5) is 20.1. The zero-order chi connectivity index (χ0) is 25.2. The Labute approximate surface area is 210 Å². The van der Waals surface area contributed by atoms with E-state index < -0.39 is 5.82 Å². The van der Waals surface area contributed by atoms with Crippen molar-refractivity contribution < 1.29 is 4.39 Å². The van der Waals surface area contributed by atoms with E-state index in [2.05, 4.69) is 25.9 Å². The van der Waals surface area contributed by atoms with Crippen LogP contribution in [0.5, 0.6) is 0 Å². The molecule has 1 heterocycles. The SMILES string of the molecule is NCCCNCCCCNCCCNc1cc2nc(-c3ccc4ccccc4c3)[nH]c(=O)c2cc1F. The molecule has 0 bridgehead atoms. The second-order valence-corrected chi connectivity index (χ2v) is 8.96. The van der Waals surface area contributed by atoms with Crippen LogP contribution < -0.4 is 27.2 Å². The van der Waals surface area contributed by atoms with Crippen molar-refractivity contribution in [3.63, 3.8) is 0 Å². The second kappa shape index (κ2) is 13.1. The monoisotopic (exact) mass is 490 g/mol. The van der Waals surface area contributed by atoms with Crippen molar-refractivity contribution in [1.29, 1.82) is 0 Å². The van der Waals surface area contributed by atoms with Gasteiger partial charge in [-0.25, -0.2) is 9.37 Å². The maximum atomic E-state index is 14.7. The molecular formula is C28H35FN6O. The molecule has 0 atom stereocenters. The average Bonchev–Trinajstić information content (AvgIpc) is 2.89. The number of aromatic amines is 1. The van der Waals surface area contributed by atoms with Gasteiger partial charge in [0.15, 0.2) is 0 Å². The van der Waals surface area contributed by atoms with Crippen LogP contribution in [-0.4, -0.2) is 49.2 Å². The van der Waals surface area contributed by atoms with E-state index in [1.165, 1.54) is 6.07 Å². The van der Waals surface area contributed by atoms with Gasteiger partial charge in [-0.05, 0) is 87.4 Å². The molecule has 4 aromatic rings. The maximum absolute atomic E-state index is 14.7. The van der Waals surface area contributed by atoms with Crippen LogP contribution in [0.4, 0.5) is 10.1 Å². The predicted octanol–water partition coefficient (Wildman–Crippen LogP) is 3.99. The van der Waals surface area contributed by atoms with E-state index in [0.29, 0.717) is 23.6 Å². The highest BCUT2D eigenvalue weighted by Crippen LogP contribution is 2.24. The van der Waals surface area contributed by atoms with Gasteiger partial charge in [-0.2, -0.15) is 0 Å². The molecule has 36 heavy (non-hydrogen) atoms. The third-order valence-electron chi connectivity index (χ3n) is 6.18. The van der Waals surface area contributed by atoms with Crippen molar-refractivity contribution in [2.24, 2.45) is 5.73 Å². The highest BCUT2D eigenvalue weighted by atomic mass is 19.1. The summed E-state index contributed by atoms with van der Waals surface area (Å²) in [6.07, 6.45) is 4.12. The molecule has 0 aliphatic rings. The van der Waals surface area contributed by atoms with Crippen molar-refractivity contribution in [2.75, 3.05) is 44.6 Å². The summed E-state index contributed by atoms with van der Waals surface area (Å²) in [5.74, 6) is 0.0120. The van der Waals surface area contributed by atoms with Crippen LogP contribution in [0.1, 0.15) is 25.7 Å². The largest absolute Gasteiger partial charge is 0.383 e. The molecule has 4 rings (SSSR count). The molecule has 0 unspecified atom stereocenters. The third kappa shape index (κ3) is 6.87. The van der Waals surface area contributed by atoms with Gasteiger partial charge in [0.1, 0.15) is 11.6 Å². The minimum Gasteiger partial charge on any atom is -0.383 e. The van der Waals surface area contributed by atoms with Crippen molar-refractivity contribution >= 4 is 27.4 Å². The normalized spacial score (nSPS) is 11.4. The van der Waals surface area contributed by atoms with Crippen LogP contribution in [0.25, 0.3) is 33.1 Å². The van der Waals surface area contributed by atoms with Crippen molar-refractivity contribution in [3.8, 4) is 11.4 Å². The van der Waals surface area contributed by atoms with Crippen LogP contribution in [0.2, 0.25) is 0 Å². The first-order valence-corrected chi connectivity index (χ1v) is 12.7. The van der Waals surface area contributed by atoms with Gasteiger partial charge in [-0.3, -0.25) is 4.79 Å². The highest BCUT2D eigenvalue weighted by molar-refractivity contribution is 5.88. The summed E-state index contributed by atoms with van der Waals surface area (Å²) >= 11 is 0. The van der Waals surface area contributed by atoms with E-state index in [9.17, 15) is 9.18 Å². The number of benzene rings is 3. The van der Waals surface area contributed by atoms with Gasteiger partial charge in [0.2, 0.25) is 0 Å². The number of fused-ring (bicyclic) bond motifs is 2. The molecule has 0 amide bonds. The number of nitrogens with two attached hydrogens (primary N) is 1. The van der Waals surface area contributed by atoms with E-state index in [-0.39, 0.29) is 10.9 Å². The standard InChI is InChI=1S/C28H35FN6O/c29-24-18-23-25(19-26(24)33-16-6-15-32-13-4-3-12-31-14-5-11-30)34-27(35-28(23)36)22-10-9-20-7-1-2-8-21(20)17-22/h1-2,7-10,17-19,31-33H,3-6,11-16,30H2,(H,34,35,36). The molecule has 0 aliphatic heterocycles. The molecule has 1 aromatic heterocycles. The molecule has 190 valence electrons. The lowest BCUT2D eigenvalue weighted by Crippen LogP contribution is -2.22. The fourth-order valence-electron chi connectivity index (χ4n) is 4.18. The number of nitrogens with zero attached hydrogens (tertiary/aromatic N) is 1. The number of anilines is 1. The first-order valence-electron chi connectivity index (χ1n) is 12.7. The zero-order valence-electron chi connectivity index (χ0n) is 20.6. The van der Waals surface area contributed by atoms with Gasteiger partial charge in [-0.1, -0.05) is 36.4 Å². The first kappa shape index (κ1) is 25.8. The van der Waals surface area contributed by atoms with E-state index >= 15 is 0 Å². The van der Waals surface area contributed by atoms with Gasteiger partial charge in [0, 0.05) is 12.1 Å². The summed E-state index contributed by atoms with van der Waals surface area (Å²) in [6, 6.07) is 16.8. The molecular weight excluding hydrogens is 455 g/mol. The molecule has 0 radical (unpaired) electrons. The van der Waals surface area contributed by atoms with Crippen molar-refractivity contribution in [2.45, 2.75) is 25.7 Å². The fourth-order valence-corrected chi connectivity index (χ4v) is 4.18. The van der Waals surface area contributed by atoms with Crippen LogP contribution in [0.15, 0.2) is 59.4 Å². The van der Waals surface area contributed by atoms with Crippen molar-refractivity contribution in [1.82, 2.24) is 20.6 Å². The number of nitrogens with one attached hydrogen (secondary N) is 4. The van der Waals surface area contributed by atoms with E-state index in [1.54, 1.807) is 6.07 Å². The van der Waals surface area contributed by atoms with E-state index in [0.717, 1.165) is 74.7 Å². The van der Waals surface area contributed by atoms with Gasteiger partial charge < -0.3 is 26.7 Å². The Balaban J connectivity index is 1.32. The molecule has 8 heteroatoms. The Morgan fingerprint density at radius 1 is 0.833 bits per heavy atom. The number of aromatic nitrogens is 2. The lowest BCUT2D eigenvalue weighted by Gasteiger charge is -2.10. The molecule has 0 fully saturated rings. The Kier molecular flexibility index (Phi) is 9.38. The quantitative estimate of drug-likeness (QED) is 0.171. The fraction of sp³-hybridized carbons (Fsp3) is 0.357. The van der Waals surface area contributed by atoms with Crippen LogP contribution >= 0.6 is 0 Å². The number of rotatable bonds is 14. The minimum absolute atomic E-state index is 0.238.